The van der Waals surface area contributed by atoms with Crippen molar-refractivity contribution in [3.05, 3.63) is 112 Å². The van der Waals surface area contributed by atoms with Crippen molar-refractivity contribution in [2.45, 2.75) is 20.1 Å². The first-order chi connectivity index (χ1) is 20.9. The zero-order chi connectivity index (χ0) is 30.6. The van der Waals surface area contributed by atoms with E-state index in [1.165, 1.54) is 6.08 Å². The lowest BCUT2D eigenvalue weighted by Gasteiger charge is -2.16. The van der Waals surface area contributed by atoms with E-state index in [0.717, 1.165) is 11.1 Å². The maximum atomic E-state index is 12.8. The molecule has 0 fully saturated rings. The van der Waals surface area contributed by atoms with Gasteiger partial charge in [-0.3, -0.25) is 4.79 Å². The van der Waals surface area contributed by atoms with Gasteiger partial charge in [0.1, 0.15) is 30.6 Å². The third kappa shape index (κ3) is 8.44. The number of hydrogen-bond donors (Lipinski definition) is 1. The maximum Gasteiger partial charge on any atom is 0.266 e. The molecule has 4 aromatic rings. The standard InChI is InChI=1S/C34H31ClN2O6/c1-4-41-32-19-25(16-26(20-36)34(38)37-27-11-13-28(39-2)14-12-27)17-29(35)33(32)43-22-24-10-15-30(31(18-24)40-3)42-21-23-8-6-5-7-9-23/h5-19H,4,21-22H2,1-3H3,(H,37,38)/b26-16-. The second kappa shape index (κ2) is 15.2. The van der Waals surface area contributed by atoms with E-state index < -0.39 is 5.91 Å². The van der Waals surface area contributed by atoms with E-state index in [4.69, 9.17) is 35.3 Å². The summed E-state index contributed by atoms with van der Waals surface area (Å²) < 4.78 is 28.5. The molecule has 0 saturated carbocycles. The molecule has 0 unspecified atom stereocenters. The lowest BCUT2D eigenvalue weighted by Crippen LogP contribution is -2.13. The molecule has 0 bridgehead atoms. The average molecular weight is 599 g/mol. The quantitative estimate of drug-likeness (QED) is 0.126. The van der Waals surface area contributed by atoms with Gasteiger partial charge in [0.15, 0.2) is 23.0 Å². The van der Waals surface area contributed by atoms with Gasteiger partial charge in [-0.05, 0) is 78.2 Å². The number of amides is 1. The van der Waals surface area contributed by atoms with Crippen molar-refractivity contribution in [2.24, 2.45) is 0 Å². The van der Waals surface area contributed by atoms with Gasteiger partial charge < -0.3 is 29.0 Å². The molecule has 0 aromatic heterocycles. The van der Waals surface area contributed by atoms with Gasteiger partial charge in [-0.25, -0.2) is 0 Å². The summed E-state index contributed by atoms with van der Waals surface area (Å²) in [5, 5.41) is 12.6. The van der Waals surface area contributed by atoms with E-state index in [-0.39, 0.29) is 17.2 Å². The number of nitrogens with one attached hydrogen (secondary N) is 1. The summed E-state index contributed by atoms with van der Waals surface area (Å²) in [6, 6.07) is 27.4. The molecule has 1 amide bonds. The second-order valence-electron chi connectivity index (χ2n) is 9.16. The number of rotatable bonds is 13. The highest BCUT2D eigenvalue weighted by molar-refractivity contribution is 6.32. The normalized spacial score (nSPS) is 10.8. The zero-order valence-corrected chi connectivity index (χ0v) is 24.8. The summed E-state index contributed by atoms with van der Waals surface area (Å²) >= 11 is 6.61. The van der Waals surface area contributed by atoms with Gasteiger partial charge in [-0.15, -0.1) is 0 Å². The lowest BCUT2D eigenvalue weighted by molar-refractivity contribution is -0.112. The van der Waals surface area contributed by atoms with Gasteiger partial charge in [0.05, 0.1) is 25.8 Å². The first kappa shape index (κ1) is 30.8. The van der Waals surface area contributed by atoms with Crippen LogP contribution in [0.2, 0.25) is 5.02 Å². The predicted octanol–water partition coefficient (Wildman–Crippen LogP) is 7.46. The smallest absolute Gasteiger partial charge is 0.266 e. The Morgan fingerprint density at radius 1 is 0.837 bits per heavy atom. The molecule has 0 aliphatic rings. The van der Waals surface area contributed by atoms with E-state index in [2.05, 4.69) is 5.32 Å². The largest absolute Gasteiger partial charge is 0.497 e. The molecule has 43 heavy (non-hydrogen) atoms. The van der Waals surface area contributed by atoms with E-state index >= 15 is 0 Å². The molecule has 0 aliphatic carbocycles. The molecule has 0 atom stereocenters. The van der Waals surface area contributed by atoms with Crippen LogP contribution < -0.4 is 29.0 Å². The Hall–Kier alpha value is -5.13. The minimum absolute atomic E-state index is 0.107. The number of benzene rings is 4. The summed E-state index contributed by atoms with van der Waals surface area (Å²) in [6.07, 6.45) is 1.44. The third-order valence-corrected chi connectivity index (χ3v) is 6.48. The molecular weight excluding hydrogens is 568 g/mol. The Morgan fingerprint density at radius 2 is 1.58 bits per heavy atom. The van der Waals surface area contributed by atoms with Crippen molar-refractivity contribution >= 4 is 29.3 Å². The number of carbonyl (C=O) groups excluding carboxylic acids is 1. The Morgan fingerprint density at radius 3 is 2.26 bits per heavy atom. The first-order valence-electron chi connectivity index (χ1n) is 13.4. The summed E-state index contributed by atoms with van der Waals surface area (Å²) in [7, 11) is 3.14. The fourth-order valence-corrected chi connectivity index (χ4v) is 4.35. The number of ether oxygens (including phenoxy) is 5. The SMILES string of the molecule is CCOc1cc(/C=C(/C#N)C(=O)Nc2ccc(OC)cc2)cc(Cl)c1OCc1ccc(OCc2ccccc2)c(OC)c1. The van der Waals surface area contributed by atoms with Crippen LogP contribution in [0.4, 0.5) is 5.69 Å². The maximum absolute atomic E-state index is 12.8. The molecule has 8 nitrogen and oxygen atoms in total. The van der Waals surface area contributed by atoms with Gasteiger partial charge >= 0.3 is 0 Å². The Labute approximate surface area is 256 Å². The third-order valence-electron chi connectivity index (χ3n) is 6.20. The molecule has 0 spiro atoms. The van der Waals surface area contributed by atoms with Crippen LogP contribution in [0.15, 0.2) is 90.5 Å². The van der Waals surface area contributed by atoms with Crippen molar-refractivity contribution < 1.29 is 28.5 Å². The van der Waals surface area contributed by atoms with Crippen LogP contribution in [0.5, 0.6) is 28.7 Å². The van der Waals surface area contributed by atoms with Crippen LogP contribution in [0.25, 0.3) is 6.08 Å². The monoisotopic (exact) mass is 598 g/mol. The Balaban J connectivity index is 1.48. The van der Waals surface area contributed by atoms with E-state index in [0.29, 0.717) is 53.2 Å². The topological polar surface area (TPSA) is 99.0 Å². The number of anilines is 1. The summed E-state index contributed by atoms with van der Waals surface area (Å²) in [4.78, 5) is 12.8. The highest BCUT2D eigenvalue weighted by Gasteiger charge is 2.16. The van der Waals surface area contributed by atoms with Gasteiger partial charge in [-0.2, -0.15) is 5.26 Å². The van der Waals surface area contributed by atoms with Crippen molar-refractivity contribution in [1.82, 2.24) is 0 Å². The first-order valence-corrected chi connectivity index (χ1v) is 13.8. The number of halogens is 1. The molecule has 4 rings (SSSR count). The van der Waals surface area contributed by atoms with Crippen LogP contribution in [-0.4, -0.2) is 26.7 Å². The highest BCUT2D eigenvalue weighted by Crippen LogP contribution is 2.38. The second-order valence-corrected chi connectivity index (χ2v) is 9.57. The number of nitrogens with zero attached hydrogens (tertiary/aromatic N) is 1. The van der Waals surface area contributed by atoms with Crippen LogP contribution in [-0.2, 0) is 18.0 Å². The van der Waals surface area contributed by atoms with Crippen molar-refractivity contribution in [3.63, 3.8) is 0 Å². The molecule has 9 heteroatoms. The van der Waals surface area contributed by atoms with E-state index in [9.17, 15) is 10.1 Å². The fraction of sp³-hybridized carbons (Fsp3) is 0.176. The average Bonchev–Trinajstić information content (AvgIpc) is 3.03. The van der Waals surface area contributed by atoms with Crippen molar-refractivity contribution in [2.75, 3.05) is 26.1 Å². The summed E-state index contributed by atoms with van der Waals surface area (Å²) in [5.41, 5.74) is 2.80. The van der Waals surface area contributed by atoms with E-state index in [1.54, 1.807) is 50.6 Å². The highest BCUT2D eigenvalue weighted by atomic mass is 35.5. The van der Waals surface area contributed by atoms with Crippen molar-refractivity contribution in [1.29, 1.82) is 5.26 Å². The Kier molecular flexibility index (Phi) is 10.9. The lowest BCUT2D eigenvalue weighted by atomic mass is 10.1. The molecule has 0 aliphatic heterocycles. The van der Waals surface area contributed by atoms with Crippen molar-refractivity contribution in [3.8, 4) is 34.8 Å². The van der Waals surface area contributed by atoms with Crippen LogP contribution in [0, 0.1) is 11.3 Å². The molecule has 1 N–H and O–H groups in total. The Bertz CT molecular complexity index is 1610. The summed E-state index contributed by atoms with van der Waals surface area (Å²) in [6.45, 7) is 2.78. The minimum atomic E-state index is -0.563. The van der Waals surface area contributed by atoms with Crippen LogP contribution >= 0.6 is 11.6 Å². The summed E-state index contributed by atoms with van der Waals surface area (Å²) in [5.74, 6) is 1.99. The molecule has 0 heterocycles. The zero-order valence-electron chi connectivity index (χ0n) is 24.1. The van der Waals surface area contributed by atoms with Gasteiger partial charge in [0.25, 0.3) is 5.91 Å². The number of methoxy groups -OCH3 is 2. The molecule has 0 radical (unpaired) electrons. The van der Waals surface area contributed by atoms with Gasteiger partial charge in [0, 0.05) is 5.69 Å². The molecular formula is C34H31ClN2O6. The number of nitriles is 1. The number of carbonyl (C=O) groups is 1. The minimum Gasteiger partial charge on any atom is -0.497 e. The van der Waals surface area contributed by atoms with Crippen LogP contribution in [0.1, 0.15) is 23.6 Å². The van der Waals surface area contributed by atoms with E-state index in [1.807, 2.05) is 61.5 Å². The molecule has 220 valence electrons. The molecule has 4 aromatic carbocycles. The van der Waals surface area contributed by atoms with Gasteiger partial charge in [0.2, 0.25) is 0 Å². The fourth-order valence-electron chi connectivity index (χ4n) is 4.07. The number of hydrogen-bond acceptors (Lipinski definition) is 7. The van der Waals surface area contributed by atoms with Gasteiger partial charge in [-0.1, -0.05) is 48.0 Å². The predicted molar refractivity (Wildman–Crippen MR) is 166 cm³/mol. The van der Waals surface area contributed by atoms with Crippen LogP contribution in [0.3, 0.4) is 0 Å². The molecule has 0 saturated heterocycles.